The van der Waals surface area contributed by atoms with Crippen molar-refractivity contribution in [3.63, 3.8) is 0 Å². The van der Waals surface area contributed by atoms with Crippen LogP contribution in [0, 0.1) is 5.92 Å². The van der Waals surface area contributed by atoms with Crippen molar-refractivity contribution in [2.45, 2.75) is 39.4 Å². The zero-order valence-corrected chi connectivity index (χ0v) is 16.4. The predicted octanol–water partition coefficient (Wildman–Crippen LogP) is 3.12. The number of carbonyl (C=O) groups is 1. The van der Waals surface area contributed by atoms with E-state index in [1.807, 2.05) is 32.0 Å². The summed E-state index contributed by atoms with van der Waals surface area (Å²) in [7, 11) is 1.71. The maximum atomic E-state index is 12.6. The van der Waals surface area contributed by atoms with E-state index >= 15 is 0 Å². The van der Waals surface area contributed by atoms with Gasteiger partial charge in [-0.05, 0) is 36.6 Å². The number of aromatic amines is 1. The number of nitrogens with zero attached hydrogens (tertiary/aromatic N) is 1. The minimum atomic E-state index is -0.684. The van der Waals surface area contributed by atoms with Crippen molar-refractivity contribution in [2.75, 3.05) is 0 Å². The number of fused-ring (bicyclic) bond motifs is 2. The van der Waals surface area contributed by atoms with Gasteiger partial charge >= 0.3 is 0 Å². The molecule has 146 valence electrons. The van der Waals surface area contributed by atoms with Gasteiger partial charge in [0.05, 0.1) is 6.10 Å². The van der Waals surface area contributed by atoms with Crippen molar-refractivity contribution < 1.29 is 14.6 Å². The first-order valence-corrected chi connectivity index (χ1v) is 9.49. The molecule has 0 spiro atoms. The van der Waals surface area contributed by atoms with Crippen molar-refractivity contribution in [3.8, 4) is 16.9 Å². The highest BCUT2D eigenvalue weighted by molar-refractivity contribution is 5.97. The van der Waals surface area contributed by atoms with Crippen LogP contribution in [0.5, 0.6) is 5.75 Å². The molecule has 0 saturated heterocycles. The number of H-pyrrole nitrogens is 1. The highest BCUT2D eigenvalue weighted by atomic mass is 16.5. The fraction of sp³-hybridized carbons (Fsp3) is 0.364. The summed E-state index contributed by atoms with van der Waals surface area (Å²) in [5.41, 5.74) is 3.50. The van der Waals surface area contributed by atoms with Crippen molar-refractivity contribution in [2.24, 2.45) is 13.0 Å². The average molecular weight is 380 g/mol. The lowest BCUT2D eigenvalue weighted by molar-refractivity contribution is -0.128. The molecule has 0 bridgehead atoms. The molecule has 0 fully saturated rings. The first-order chi connectivity index (χ1) is 13.3. The number of benzene rings is 1. The number of hydrogen-bond donors (Lipinski definition) is 2. The first kappa shape index (κ1) is 18.5. The summed E-state index contributed by atoms with van der Waals surface area (Å²) in [5, 5.41) is 11.0. The number of rotatable bonds is 3. The Bertz CT molecular complexity index is 1140. The second kappa shape index (κ2) is 6.63. The second-order valence-electron chi connectivity index (χ2n) is 7.88. The van der Waals surface area contributed by atoms with E-state index < -0.39 is 12.2 Å². The molecule has 0 amide bonds. The molecule has 2 unspecified atom stereocenters. The lowest BCUT2D eigenvalue weighted by Gasteiger charge is -2.30. The average Bonchev–Trinajstić information content (AvgIpc) is 3.13. The molecule has 2 aromatic heterocycles. The third kappa shape index (κ3) is 2.85. The molecule has 1 aromatic carbocycles. The van der Waals surface area contributed by atoms with Crippen LogP contribution in [-0.2, 0) is 18.3 Å². The molecule has 28 heavy (non-hydrogen) atoms. The molecule has 0 saturated carbocycles. The molecular formula is C22H24N2O4. The Hall–Kier alpha value is -2.86. The van der Waals surface area contributed by atoms with E-state index in [9.17, 15) is 14.7 Å². The van der Waals surface area contributed by atoms with Crippen molar-refractivity contribution in [1.29, 1.82) is 0 Å². The number of aliphatic hydroxyl groups excluding tert-OH is 1. The number of carbonyl (C=O) groups excluding carboxylic acids is 1. The fourth-order valence-corrected chi connectivity index (χ4v) is 3.90. The minimum Gasteiger partial charge on any atom is -0.481 e. The summed E-state index contributed by atoms with van der Waals surface area (Å²) >= 11 is 0. The minimum absolute atomic E-state index is 0.0449. The van der Waals surface area contributed by atoms with Gasteiger partial charge in [0.25, 0.3) is 5.56 Å². The lowest BCUT2D eigenvalue weighted by Crippen LogP contribution is -2.37. The van der Waals surface area contributed by atoms with Crippen LogP contribution in [0.4, 0.5) is 0 Å². The molecule has 1 aliphatic heterocycles. The SMILES string of the molecule is CC(O)c1cc2c(c(-c3cn(C)c(=O)c4[nH]ccc34)c1)OC(C(C)C)C(=O)C2. The molecular weight excluding hydrogens is 356 g/mol. The van der Waals surface area contributed by atoms with Gasteiger partial charge in [-0.25, -0.2) is 0 Å². The Balaban J connectivity index is 2.03. The van der Waals surface area contributed by atoms with E-state index in [2.05, 4.69) is 4.98 Å². The van der Waals surface area contributed by atoms with Gasteiger partial charge in [-0.3, -0.25) is 9.59 Å². The zero-order valence-electron chi connectivity index (χ0n) is 16.4. The van der Waals surface area contributed by atoms with Crippen LogP contribution in [0.25, 0.3) is 22.0 Å². The Morgan fingerprint density at radius 1 is 1.21 bits per heavy atom. The van der Waals surface area contributed by atoms with Gasteiger partial charge in [-0.2, -0.15) is 0 Å². The van der Waals surface area contributed by atoms with Crippen molar-refractivity contribution in [1.82, 2.24) is 9.55 Å². The highest BCUT2D eigenvalue weighted by Crippen LogP contribution is 2.42. The third-order valence-electron chi connectivity index (χ3n) is 5.39. The Morgan fingerprint density at radius 2 is 1.96 bits per heavy atom. The lowest BCUT2D eigenvalue weighted by atomic mass is 9.88. The number of Topliss-reactive ketones (excluding diaryl/α,β-unsaturated/α-hetero) is 1. The predicted molar refractivity (Wildman–Crippen MR) is 108 cm³/mol. The topological polar surface area (TPSA) is 84.3 Å². The van der Waals surface area contributed by atoms with E-state index in [0.717, 1.165) is 22.1 Å². The van der Waals surface area contributed by atoms with Gasteiger partial charge in [0.1, 0.15) is 11.3 Å². The number of aliphatic hydroxyl groups is 1. The molecule has 3 aromatic rings. The first-order valence-electron chi connectivity index (χ1n) is 9.49. The summed E-state index contributed by atoms with van der Waals surface area (Å²) in [6.45, 7) is 5.63. The van der Waals surface area contributed by atoms with Gasteiger partial charge in [0.15, 0.2) is 11.9 Å². The number of aromatic nitrogens is 2. The molecule has 1 aliphatic rings. The number of ketones is 1. The van der Waals surface area contributed by atoms with E-state index in [0.29, 0.717) is 16.8 Å². The fourth-order valence-electron chi connectivity index (χ4n) is 3.90. The van der Waals surface area contributed by atoms with Crippen LogP contribution in [0.3, 0.4) is 0 Å². The molecule has 2 N–H and O–H groups in total. The Labute approximate surface area is 162 Å². The maximum Gasteiger partial charge on any atom is 0.274 e. The van der Waals surface area contributed by atoms with Gasteiger partial charge in [-0.15, -0.1) is 0 Å². The molecule has 0 radical (unpaired) electrons. The standard InChI is InChI=1S/C22H24N2O4/c1-11(2)20-18(26)9-14-7-13(12(3)25)8-16(21(14)28-20)17-10-24(4)22(27)19-15(17)5-6-23-19/h5-8,10-12,20,23,25H,9H2,1-4H3. The monoisotopic (exact) mass is 380 g/mol. The van der Waals surface area contributed by atoms with Crippen molar-refractivity contribution in [3.05, 3.63) is 52.1 Å². The zero-order chi connectivity index (χ0) is 20.2. The summed E-state index contributed by atoms with van der Waals surface area (Å²) < 4.78 is 7.72. The van der Waals surface area contributed by atoms with E-state index in [1.54, 1.807) is 26.4 Å². The summed E-state index contributed by atoms with van der Waals surface area (Å²) in [6, 6.07) is 5.60. The van der Waals surface area contributed by atoms with E-state index in [-0.39, 0.29) is 23.7 Å². The normalized spacial score (nSPS) is 17.6. The molecule has 3 heterocycles. The number of nitrogens with one attached hydrogen (secondary N) is 1. The van der Waals surface area contributed by atoms with Gasteiger partial charge in [-0.1, -0.05) is 13.8 Å². The van der Waals surface area contributed by atoms with Crippen LogP contribution in [0.2, 0.25) is 0 Å². The molecule has 6 heteroatoms. The Morgan fingerprint density at radius 3 is 2.64 bits per heavy atom. The van der Waals surface area contributed by atoms with Crippen molar-refractivity contribution >= 4 is 16.7 Å². The van der Waals surface area contributed by atoms with E-state index in [1.165, 1.54) is 4.57 Å². The number of hydrogen-bond acceptors (Lipinski definition) is 4. The summed E-state index contributed by atoms with van der Waals surface area (Å²) in [4.78, 5) is 28.0. The van der Waals surface area contributed by atoms with Crippen LogP contribution in [-0.4, -0.2) is 26.5 Å². The number of aryl methyl sites for hydroxylation is 1. The summed E-state index contributed by atoms with van der Waals surface area (Å²) in [6.07, 6.45) is 2.61. The van der Waals surface area contributed by atoms with Gasteiger partial charge in [0.2, 0.25) is 0 Å². The smallest absolute Gasteiger partial charge is 0.274 e. The van der Waals surface area contributed by atoms with Crippen LogP contribution >= 0.6 is 0 Å². The van der Waals surface area contributed by atoms with Gasteiger partial charge < -0.3 is 19.4 Å². The highest BCUT2D eigenvalue weighted by Gasteiger charge is 2.33. The molecule has 6 nitrogen and oxygen atoms in total. The molecule has 4 rings (SSSR count). The largest absolute Gasteiger partial charge is 0.481 e. The maximum absolute atomic E-state index is 12.6. The van der Waals surface area contributed by atoms with Crippen LogP contribution in [0.1, 0.15) is 38.0 Å². The van der Waals surface area contributed by atoms with Gasteiger partial charge in [0, 0.05) is 47.9 Å². The number of ether oxygens (including phenoxy) is 1. The molecule has 2 atom stereocenters. The van der Waals surface area contributed by atoms with E-state index in [4.69, 9.17) is 4.74 Å². The summed E-state index contributed by atoms with van der Waals surface area (Å²) in [5.74, 6) is 0.754. The van der Waals surface area contributed by atoms with Crippen LogP contribution in [0.15, 0.2) is 35.4 Å². The Kier molecular flexibility index (Phi) is 4.38. The van der Waals surface area contributed by atoms with Crippen LogP contribution < -0.4 is 10.3 Å². The quantitative estimate of drug-likeness (QED) is 0.731. The molecule has 0 aliphatic carbocycles. The second-order valence-corrected chi connectivity index (χ2v) is 7.88. The number of pyridine rings is 1. The third-order valence-corrected chi connectivity index (χ3v) is 5.39.